The fraction of sp³-hybridized carbons (Fsp3) is 0.0714. The molecule has 0 heterocycles. The van der Waals surface area contributed by atoms with Gasteiger partial charge in [0.1, 0.15) is 10.7 Å². The Morgan fingerprint density at radius 1 is 1.17 bits per heavy atom. The van der Waals surface area contributed by atoms with Gasteiger partial charge in [0.15, 0.2) is 11.6 Å². The van der Waals surface area contributed by atoms with Gasteiger partial charge in [-0.25, -0.2) is 26.4 Å². The standard InChI is InChI=1S/C14H9BrF3NO4S/c1-23-14(20)7-5-12(10(17)6-8(7)15)24(21,22)19-11-4-2-3-9(16)13(11)18/h2-6,19H,1H3. The summed E-state index contributed by atoms with van der Waals surface area (Å²) in [4.78, 5) is 10.7. The van der Waals surface area contributed by atoms with E-state index >= 15 is 0 Å². The average molecular weight is 424 g/mol. The Bertz CT molecular complexity index is 918. The van der Waals surface area contributed by atoms with Crippen molar-refractivity contribution < 1.29 is 31.1 Å². The molecule has 0 fully saturated rings. The van der Waals surface area contributed by atoms with Crippen LogP contribution in [0.5, 0.6) is 0 Å². The highest BCUT2D eigenvalue weighted by molar-refractivity contribution is 9.10. The Morgan fingerprint density at radius 2 is 1.83 bits per heavy atom. The highest BCUT2D eigenvalue weighted by atomic mass is 79.9. The molecule has 0 atom stereocenters. The minimum atomic E-state index is -4.62. The number of ether oxygens (including phenoxy) is 1. The van der Waals surface area contributed by atoms with Crippen molar-refractivity contribution in [2.75, 3.05) is 11.8 Å². The Hall–Kier alpha value is -2.07. The minimum absolute atomic E-state index is 0.0252. The molecule has 2 aromatic rings. The number of sulfonamides is 1. The van der Waals surface area contributed by atoms with E-state index in [-0.39, 0.29) is 10.0 Å². The van der Waals surface area contributed by atoms with E-state index in [4.69, 9.17) is 0 Å². The summed E-state index contributed by atoms with van der Waals surface area (Å²) in [6.45, 7) is 0. The van der Waals surface area contributed by atoms with Crippen LogP contribution in [0.15, 0.2) is 39.7 Å². The topological polar surface area (TPSA) is 72.5 Å². The first-order chi connectivity index (χ1) is 11.2. The lowest BCUT2D eigenvalue weighted by atomic mass is 10.2. The molecule has 0 aliphatic heterocycles. The van der Waals surface area contributed by atoms with Crippen LogP contribution in [0.25, 0.3) is 0 Å². The van der Waals surface area contributed by atoms with Crippen molar-refractivity contribution >= 4 is 37.6 Å². The van der Waals surface area contributed by atoms with E-state index in [1.807, 2.05) is 0 Å². The van der Waals surface area contributed by atoms with E-state index in [0.717, 1.165) is 37.4 Å². The lowest BCUT2D eigenvalue weighted by molar-refractivity contribution is 0.0599. The predicted octanol–water partition coefficient (Wildman–Crippen LogP) is 3.45. The maximum absolute atomic E-state index is 14.0. The number of nitrogens with one attached hydrogen (secondary N) is 1. The summed E-state index contributed by atoms with van der Waals surface area (Å²) >= 11 is 2.91. The van der Waals surface area contributed by atoms with Crippen molar-refractivity contribution in [1.82, 2.24) is 0 Å². The number of benzene rings is 2. The Kier molecular flexibility index (Phi) is 5.19. The van der Waals surface area contributed by atoms with Crippen LogP contribution < -0.4 is 4.72 Å². The van der Waals surface area contributed by atoms with Gasteiger partial charge in [-0.15, -0.1) is 0 Å². The van der Waals surface area contributed by atoms with Gasteiger partial charge in [-0.2, -0.15) is 0 Å². The summed E-state index contributed by atoms with van der Waals surface area (Å²) in [6, 6.07) is 4.32. The average Bonchev–Trinajstić information content (AvgIpc) is 2.50. The van der Waals surface area contributed by atoms with Crippen LogP contribution in [0, 0.1) is 17.5 Å². The van der Waals surface area contributed by atoms with Crippen molar-refractivity contribution in [3.05, 3.63) is 57.8 Å². The number of methoxy groups -OCH3 is 1. The Labute approximate surface area is 143 Å². The molecule has 0 aliphatic carbocycles. The van der Waals surface area contributed by atoms with Crippen molar-refractivity contribution in [3.63, 3.8) is 0 Å². The quantitative estimate of drug-likeness (QED) is 0.764. The summed E-state index contributed by atoms with van der Waals surface area (Å²) in [5.74, 6) is -4.82. The van der Waals surface area contributed by atoms with Crippen molar-refractivity contribution in [1.29, 1.82) is 0 Å². The summed E-state index contributed by atoms with van der Waals surface area (Å²) in [6.07, 6.45) is 0. The lowest BCUT2D eigenvalue weighted by Crippen LogP contribution is -2.17. The van der Waals surface area contributed by atoms with Crippen molar-refractivity contribution in [2.45, 2.75) is 4.90 Å². The molecule has 0 saturated carbocycles. The fourth-order valence-electron chi connectivity index (χ4n) is 1.78. The second kappa shape index (κ2) is 6.81. The molecule has 2 aromatic carbocycles. The molecular formula is C14H9BrF3NO4S. The predicted molar refractivity (Wildman–Crippen MR) is 82.6 cm³/mol. The van der Waals surface area contributed by atoms with Crippen LogP contribution in [0.4, 0.5) is 18.9 Å². The molecule has 2 rings (SSSR count). The second-order valence-electron chi connectivity index (χ2n) is 4.46. The third-order valence-corrected chi connectivity index (χ3v) is 4.95. The van der Waals surface area contributed by atoms with Gasteiger partial charge in [-0.1, -0.05) is 6.07 Å². The smallest absolute Gasteiger partial charge is 0.339 e. The molecule has 0 amide bonds. The third-order valence-electron chi connectivity index (χ3n) is 2.91. The number of hydrogen-bond acceptors (Lipinski definition) is 4. The molecule has 24 heavy (non-hydrogen) atoms. The van der Waals surface area contributed by atoms with Crippen molar-refractivity contribution in [3.8, 4) is 0 Å². The van der Waals surface area contributed by atoms with Crippen LogP contribution in [0.3, 0.4) is 0 Å². The van der Waals surface area contributed by atoms with E-state index in [1.54, 1.807) is 4.72 Å². The number of hydrogen-bond donors (Lipinski definition) is 1. The summed E-state index contributed by atoms with van der Waals surface area (Å²) < 4.78 is 71.4. The number of halogens is 4. The van der Waals surface area contributed by atoms with Gasteiger partial charge in [0, 0.05) is 4.47 Å². The number of carbonyl (C=O) groups excluding carboxylic acids is 1. The maximum Gasteiger partial charge on any atom is 0.339 e. The van der Waals surface area contributed by atoms with E-state index in [0.29, 0.717) is 0 Å². The van der Waals surface area contributed by atoms with E-state index in [2.05, 4.69) is 20.7 Å². The highest BCUT2D eigenvalue weighted by Gasteiger charge is 2.25. The molecule has 0 aliphatic rings. The summed E-state index contributed by atoms with van der Waals surface area (Å²) in [5.41, 5.74) is -0.948. The van der Waals surface area contributed by atoms with E-state index < -0.39 is 44.0 Å². The number of carbonyl (C=O) groups is 1. The maximum atomic E-state index is 14.0. The first-order valence-corrected chi connectivity index (χ1v) is 8.49. The minimum Gasteiger partial charge on any atom is -0.465 e. The van der Waals surface area contributed by atoms with E-state index in [9.17, 15) is 26.4 Å². The van der Waals surface area contributed by atoms with Crippen molar-refractivity contribution in [2.24, 2.45) is 0 Å². The Morgan fingerprint density at radius 3 is 2.46 bits per heavy atom. The molecule has 0 saturated heterocycles. The molecule has 0 bridgehead atoms. The van der Waals surface area contributed by atoms with Gasteiger partial charge in [0.2, 0.25) is 0 Å². The van der Waals surface area contributed by atoms with Crippen LogP contribution in [0.2, 0.25) is 0 Å². The third kappa shape index (κ3) is 3.54. The molecule has 1 N–H and O–H groups in total. The Balaban J connectivity index is 2.53. The first-order valence-electron chi connectivity index (χ1n) is 6.21. The van der Waals surface area contributed by atoms with Gasteiger partial charge < -0.3 is 4.74 Å². The molecule has 0 aromatic heterocycles. The largest absolute Gasteiger partial charge is 0.465 e. The molecule has 128 valence electrons. The van der Waals surface area contributed by atoms with Gasteiger partial charge in [0.25, 0.3) is 10.0 Å². The monoisotopic (exact) mass is 423 g/mol. The van der Waals surface area contributed by atoms with Gasteiger partial charge in [-0.3, -0.25) is 4.72 Å². The van der Waals surface area contributed by atoms with Crippen LogP contribution in [0.1, 0.15) is 10.4 Å². The lowest BCUT2D eigenvalue weighted by Gasteiger charge is -2.12. The van der Waals surface area contributed by atoms with Gasteiger partial charge >= 0.3 is 5.97 Å². The van der Waals surface area contributed by atoms with E-state index in [1.165, 1.54) is 0 Å². The summed E-state index contributed by atoms with van der Waals surface area (Å²) in [5, 5.41) is 0. The van der Waals surface area contributed by atoms with Gasteiger partial charge in [0.05, 0.1) is 18.4 Å². The molecule has 0 unspecified atom stereocenters. The van der Waals surface area contributed by atoms with Crippen LogP contribution in [-0.2, 0) is 14.8 Å². The zero-order chi connectivity index (χ0) is 18.1. The molecular weight excluding hydrogens is 415 g/mol. The van der Waals surface area contributed by atoms with Crippen LogP contribution >= 0.6 is 15.9 Å². The summed E-state index contributed by atoms with van der Waals surface area (Å²) in [7, 11) is -3.56. The number of esters is 1. The molecule has 5 nitrogen and oxygen atoms in total. The zero-order valence-corrected chi connectivity index (χ0v) is 14.3. The number of anilines is 1. The second-order valence-corrected chi connectivity index (χ2v) is 6.97. The first kappa shape index (κ1) is 18.3. The normalized spacial score (nSPS) is 11.2. The number of rotatable bonds is 4. The SMILES string of the molecule is COC(=O)c1cc(S(=O)(=O)Nc2cccc(F)c2F)c(F)cc1Br. The zero-order valence-electron chi connectivity index (χ0n) is 11.9. The molecule has 0 spiro atoms. The van der Waals surface area contributed by atoms with Gasteiger partial charge in [-0.05, 0) is 40.2 Å². The molecule has 10 heteroatoms. The fourth-order valence-corrected chi connectivity index (χ4v) is 3.41. The van der Waals surface area contributed by atoms with Crippen LogP contribution in [-0.4, -0.2) is 21.5 Å². The highest BCUT2D eigenvalue weighted by Crippen LogP contribution is 2.27. The molecule has 0 radical (unpaired) electrons.